The number of benzene rings is 2. The van der Waals surface area contributed by atoms with Crippen molar-refractivity contribution in [3.05, 3.63) is 53.6 Å². The summed E-state index contributed by atoms with van der Waals surface area (Å²) in [6.07, 6.45) is 0.429. The van der Waals surface area contributed by atoms with Crippen LogP contribution in [-0.4, -0.2) is 24.9 Å². The number of hydrogen-bond acceptors (Lipinski definition) is 4. The van der Waals surface area contributed by atoms with Gasteiger partial charge in [-0.1, -0.05) is 30.3 Å². The molecule has 3 rings (SSSR count). The van der Waals surface area contributed by atoms with Crippen LogP contribution >= 0.6 is 0 Å². The van der Waals surface area contributed by atoms with Gasteiger partial charge in [-0.15, -0.1) is 0 Å². The van der Waals surface area contributed by atoms with E-state index in [1.807, 2.05) is 42.5 Å². The summed E-state index contributed by atoms with van der Waals surface area (Å²) in [7, 11) is 1.62. The fourth-order valence-corrected chi connectivity index (χ4v) is 2.49. The summed E-state index contributed by atoms with van der Waals surface area (Å²) >= 11 is 0. The Kier molecular flexibility index (Phi) is 3.97. The van der Waals surface area contributed by atoms with E-state index < -0.39 is 0 Å². The SMILES string of the molecule is COc1ccc2c(c1OCc1ccccc1)CC(CO)O2. The molecule has 0 amide bonds. The second-order valence-corrected chi connectivity index (χ2v) is 4.97. The van der Waals surface area contributed by atoms with E-state index in [-0.39, 0.29) is 12.7 Å². The van der Waals surface area contributed by atoms with Crippen LogP contribution in [0.1, 0.15) is 11.1 Å². The first-order chi connectivity index (χ1) is 10.3. The molecule has 0 bridgehead atoms. The molecule has 0 aliphatic carbocycles. The van der Waals surface area contributed by atoms with Crippen LogP contribution in [-0.2, 0) is 13.0 Å². The zero-order valence-electron chi connectivity index (χ0n) is 11.9. The molecule has 0 spiro atoms. The predicted molar refractivity (Wildman–Crippen MR) is 79.0 cm³/mol. The lowest BCUT2D eigenvalue weighted by molar-refractivity contribution is 0.134. The van der Waals surface area contributed by atoms with Crippen molar-refractivity contribution in [3.8, 4) is 17.2 Å². The molecule has 1 heterocycles. The molecule has 0 aromatic heterocycles. The third-order valence-electron chi connectivity index (χ3n) is 3.56. The lowest BCUT2D eigenvalue weighted by atomic mass is 10.1. The van der Waals surface area contributed by atoms with E-state index in [1.165, 1.54) is 0 Å². The van der Waals surface area contributed by atoms with Crippen molar-refractivity contribution in [1.29, 1.82) is 0 Å². The maximum absolute atomic E-state index is 9.27. The van der Waals surface area contributed by atoms with Gasteiger partial charge in [0.05, 0.1) is 13.7 Å². The molecule has 1 aliphatic rings. The third-order valence-corrected chi connectivity index (χ3v) is 3.56. The zero-order valence-corrected chi connectivity index (χ0v) is 11.9. The number of hydrogen-bond donors (Lipinski definition) is 1. The smallest absolute Gasteiger partial charge is 0.168 e. The Labute approximate surface area is 123 Å². The Hall–Kier alpha value is -2.20. The summed E-state index contributed by atoms with van der Waals surface area (Å²) < 4.78 is 17.0. The number of ether oxygens (including phenoxy) is 3. The van der Waals surface area contributed by atoms with Gasteiger partial charge in [0.2, 0.25) is 0 Å². The summed E-state index contributed by atoms with van der Waals surface area (Å²) in [5.41, 5.74) is 2.05. The standard InChI is InChI=1S/C17H18O4/c1-19-16-8-7-15-14(9-13(10-18)21-15)17(16)20-11-12-5-3-2-4-6-12/h2-8,13,18H,9-11H2,1H3. The minimum Gasteiger partial charge on any atom is -0.493 e. The van der Waals surface area contributed by atoms with Crippen LogP contribution in [0, 0.1) is 0 Å². The number of aliphatic hydroxyl groups is 1. The van der Waals surface area contributed by atoms with Gasteiger partial charge in [-0.05, 0) is 17.7 Å². The molecule has 0 saturated heterocycles. The maximum atomic E-state index is 9.27. The summed E-state index contributed by atoms with van der Waals surface area (Å²) in [5.74, 6) is 2.15. The second kappa shape index (κ2) is 6.06. The van der Waals surface area contributed by atoms with Crippen molar-refractivity contribution in [2.75, 3.05) is 13.7 Å². The van der Waals surface area contributed by atoms with Crippen molar-refractivity contribution >= 4 is 0 Å². The normalized spacial score (nSPS) is 16.2. The molecular weight excluding hydrogens is 268 g/mol. The maximum Gasteiger partial charge on any atom is 0.168 e. The minimum atomic E-state index is -0.203. The number of aliphatic hydroxyl groups excluding tert-OH is 1. The molecule has 1 N–H and O–H groups in total. The fraction of sp³-hybridized carbons (Fsp3) is 0.294. The molecule has 2 aromatic rings. The van der Waals surface area contributed by atoms with Crippen LogP contribution in [0.25, 0.3) is 0 Å². The number of fused-ring (bicyclic) bond motifs is 1. The van der Waals surface area contributed by atoms with Crippen LogP contribution in [0.3, 0.4) is 0 Å². The summed E-state index contributed by atoms with van der Waals surface area (Å²) in [5, 5.41) is 9.27. The molecule has 2 aromatic carbocycles. The van der Waals surface area contributed by atoms with Crippen LogP contribution in [0.15, 0.2) is 42.5 Å². The lowest BCUT2D eigenvalue weighted by Gasteiger charge is -2.13. The average molecular weight is 286 g/mol. The summed E-state index contributed by atoms with van der Waals surface area (Å²) in [4.78, 5) is 0. The van der Waals surface area contributed by atoms with Crippen molar-refractivity contribution in [2.24, 2.45) is 0 Å². The zero-order chi connectivity index (χ0) is 14.7. The Morgan fingerprint density at radius 1 is 1.19 bits per heavy atom. The quantitative estimate of drug-likeness (QED) is 0.917. The minimum absolute atomic E-state index is 0.00484. The highest BCUT2D eigenvalue weighted by atomic mass is 16.5. The molecule has 0 radical (unpaired) electrons. The first-order valence-corrected chi connectivity index (χ1v) is 6.96. The van der Waals surface area contributed by atoms with E-state index in [2.05, 4.69) is 0 Å². The first-order valence-electron chi connectivity index (χ1n) is 6.96. The third kappa shape index (κ3) is 2.81. The molecule has 0 fully saturated rings. The Bertz CT molecular complexity index is 610. The van der Waals surface area contributed by atoms with Gasteiger partial charge in [0, 0.05) is 12.0 Å². The van der Waals surface area contributed by atoms with Gasteiger partial charge in [0.1, 0.15) is 18.5 Å². The first kappa shape index (κ1) is 13.8. The molecule has 1 unspecified atom stereocenters. The van der Waals surface area contributed by atoms with Crippen molar-refractivity contribution in [1.82, 2.24) is 0 Å². The molecule has 110 valence electrons. The van der Waals surface area contributed by atoms with Gasteiger partial charge >= 0.3 is 0 Å². The molecule has 1 aliphatic heterocycles. The summed E-state index contributed by atoms with van der Waals surface area (Å²) in [6.45, 7) is 0.465. The molecule has 1 atom stereocenters. The Morgan fingerprint density at radius 2 is 2.00 bits per heavy atom. The van der Waals surface area contributed by atoms with E-state index >= 15 is 0 Å². The Morgan fingerprint density at radius 3 is 2.71 bits per heavy atom. The van der Waals surface area contributed by atoms with E-state index in [0.717, 1.165) is 16.9 Å². The molecule has 4 nitrogen and oxygen atoms in total. The van der Waals surface area contributed by atoms with Crippen molar-refractivity contribution in [3.63, 3.8) is 0 Å². The number of methoxy groups -OCH3 is 1. The van der Waals surface area contributed by atoms with E-state index in [4.69, 9.17) is 14.2 Å². The van der Waals surface area contributed by atoms with Gasteiger partial charge in [-0.2, -0.15) is 0 Å². The van der Waals surface area contributed by atoms with Crippen LogP contribution < -0.4 is 14.2 Å². The highest BCUT2D eigenvalue weighted by Crippen LogP contribution is 2.42. The number of rotatable bonds is 5. The molecule has 0 saturated carbocycles. The predicted octanol–water partition coefficient (Wildman–Crippen LogP) is 2.57. The van der Waals surface area contributed by atoms with E-state index in [9.17, 15) is 5.11 Å². The second-order valence-electron chi connectivity index (χ2n) is 4.97. The van der Waals surface area contributed by atoms with Gasteiger partial charge in [0.15, 0.2) is 11.5 Å². The molecule has 4 heteroatoms. The van der Waals surface area contributed by atoms with Gasteiger partial charge < -0.3 is 19.3 Å². The molecule has 21 heavy (non-hydrogen) atoms. The molecular formula is C17H18O4. The Balaban J connectivity index is 1.85. The largest absolute Gasteiger partial charge is 0.493 e. The van der Waals surface area contributed by atoms with Crippen LogP contribution in [0.4, 0.5) is 0 Å². The topological polar surface area (TPSA) is 47.9 Å². The van der Waals surface area contributed by atoms with Gasteiger partial charge in [0.25, 0.3) is 0 Å². The summed E-state index contributed by atoms with van der Waals surface area (Å²) in [6, 6.07) is 13.7. The van der Waals surface area contributed by atoms with Crippen LogP contribution in [0.2, 0.25) is 0 Å². The van der Waals surface area contributed by atoms with Crippen molar-refractivity contribution in [2.45, 2.75) is 19.1 Å². The van der Waals surface area contributed by atoms with Gasteiger partial charge in [-0.25, -0.2) is 0 Å². The fourth-order valence-electron chi connectivity index (χ4n) is 2.49. The van der Waals surface area contributed by atoms with E-state index in [0.29, 0.717) is 24.5 Å². The van der Waals surface area contributed by atoms with Gasteiger partial charge in [-0.3, -0.25) is 0 Å². The average Bonchev–Trinajstić information content (AvgIpc) is 2.97. The van der Waals surface area contributed by atoms with Crippen molar-refractivity contribution < 1.29 is 19.3 Å². The van der Waals surface area contributed by atoms with Crippen LogP contribution in [0.5, 0.6) is 17.2 Å². The highest BCUT2D eigenvalue weighted by Gasteiger charge is 2.27. The monoisotopic (exact) mass is 286 g/mol. The van der Waals surface area contributed by atoms with E-state index in [1.54, 1.807) is 7.11 Å². The lowest BCUT2D eigenvalue weighted by Crippen LogP contribution is -2.17. The highest BCUT2D eigenvalue weighted by molar-refractivity contribution is 5.56.